The van der Waals surface area contributed by atoms with Gasteiger partial charge in [-0.05, 0) is 50.1 Å². The number of aryl methyl sites for hydroxylation is 2. The molecule has 0 saturated carbocycles. The standard InChI is InChI=1S/C27H24N6O3/c1-17-9-14-23-28-24(21-7-5-4-6-8-21)26(31(23)15-17)29-27(34)22-12-10-20(11-13-22)16-32-19(3)25(33(35)36)18(2)30-32/h4-15H,16H2,1-3H3,(H,29,34). The smallest absolute Gasteiger partial charge is 0.306 e. The molecule has 9 nitrogen and oxygen atoms in total. The van der Waals surface area contributed by atoms with Crippen LogP contribution in [0.15, 0.2) is 72.9 Å². The molecule has 5 aromatic rings. The highest BCUT2D eigenvalue weighted by Gasteiger charge is 2.22. The SMILES string of the molecule is Cc1ccc2nc(-c3ccccc3)c(NC(=O)c3ccc(Cn4nc(C)c([N+](=O)[O-])c4C)cc3)n2c1. The summed E-state index contributed by atoms with van der Waals surface area (Å²) in [5, 5.41) is 18.6. The fourth-order valence-corrected chi connectivity index (χ4v) is 4.29. The Morgan fingerprint density at radius 3 is 2.39 bits per heavy atom. The molecule has 0 bridgehead atoms. The summed E-state index contributed by atoms with van der Waals surface area (Å²) in [6, 6.07) is 20.8. The molecule has 36 heavy (non-hydrogen) atoms. The Bertz CT molecular complexity index is 1600. The number of benzene rings is 2. The maximum atomic E-state index is 13.2. The van der Waals surface area contributed by atoms with Crippen molar-refractivity contribution >= 4 is 23.1 Å². The molecule has 1 amide bonds. The molecule has 0 spiro atoms. The number of nitrogens with zero attached hydrogens (tertiary/aromatic N) is 5. The molecule has 0 radical (unpaired) electrons. The van der Waals surface area contributed by atoms with E-state index in [0.717, 1.165) is 22.3 Å². The van der Waals surface area contributed by atoms with Gasteiger partial charge in [0.1, 0.15) is 28.5 Å². The van der Waals surface area contributed by atoms with Gasteiger partial charge in [0.15, 0.2) is 0 Å². The third kappa shape index (κ3) is 4.22. The number of nitro groups is 1. The lowest BCUT2D eigenvalue weighted by molar-refractivity contribution is -0.386. The first-order valence-electron chi connectivity index (χ1n) is 11.4. The Hall–Kier alpha value is -4.79. The fraction of sp³-hybridized carbons (Fsp3) is 0.148. The third-order valence-electron chi connectivity index (χ3n) is 6.12. The molecule has 0 fully saturated rings. The molecule has 9 heteroatoms. The lowest BCUT2D eigenvalue weighted by atomic mass is 10.1. The van der Waals surface area contributed by atoms with Crippen LogP contribution in [0.1, 0.15) is 32.9 Å². The largest absolute Gasteiger partial charge is 0.312 e. The number of nitrogens with one attached hydrogen (secondary N) is 1. The van der Waals surface area contributed by atoms with Gasteiger partial charge in [0.05, 0.1) is 11.5 Å². The zero-order chi connectivity index (χ0) is 25.4. The monoisotopic (exact) mass is 480 g/mol. The summed E-state index contributed by atoms with van der Waals surface area (Å²) in [7, 11) is 0. The number of aromatic nitrogens is 4. The molecule has 3 heterocycles. The number of amides is 1. The molecule has 0 aliphatic rings. The molecule has 0 aliphatic heterocycles. The van der Waals surface area contributed by atoms with Crippen molar-refractivity contribution in [1.29, 1.82) is 0 Å². The van der Waals surface area contributed by atoms with Crippen molar-refractivity contribution in [2.75, 3.05) is 5.32 Å². The quantitative estimate of drug-likeness (QED) is 0.261. The van der Waals surface area contributed by atoms with E-state index in [-0.39, 0.29) is 11.6 Å². The molecule has 0 aliphatic carbocycles. The fourth-order valence-electron chi connectivity index (χ4n) is 4.29. The van der Waals surface area contributed by atoms with Gasteiger partial charge in [0, 0.05) is 17.3 Å². The van der Waals surface area contributed by atoms with Crippen LogP contribution < -0.4 is 5.32 Å². The van der Waals surface area contributed by atoms with Crippen LogP contribution in [-0.4, -0.2) is 30.0 Å². The lowest BCUT2D eigenvalue weighted by Gasteiger charge is -2.09. The average Bonchev–Trinajstić information content (AvgIpc) is 3.35. The highest BCUT2D eigenvalue weighted by molar-refractivity contribution is 6.05. The van der Waals surface area contributed by atoms with E-state index in [0.29, 0.717) is 35.0 Å². The first-order chi connectivity index (χ1) is 17.3. The predicted molar refractivity (Wildman–Crippen MR) is 137 cm³/mol. The van der Waals surface area contributed by atoms with Crippen molar-refractivity contribution in [3.63, 3.8) is 0 Å². The Morgan fingerprint density at radius 2 is 1.72 bits per heavy atom. The molecule has 3 aromatic heterocycles. The van der Waals surface area contributed by atoms with Gasteiger partial charge in [-0.2, -0.15) is 5.10 Å². The van der Waals surface area contributed by atoms with Crippen molar-refractivity contribution in [2.45, 2.75) is 27.3 Å². The minimum atomic E-state index is -0.410. The lowest BCUT2D eigenvalue weighted by Crippen LogP contribution is -2.14. The van der Waals surface area contributed by atoms with Crippen LogP contribution in [0.4, 0.5) is 11.5 Å². The minimum Gasteiger partial charge on any atom is -0.306 e. The van der Waals surface area contributed by atoms with Gasteiger partial charge >= 0.3 is 5.69 Å². The minimum absolute atomic E-state index is 0.0310. The van der Waals surface area contributed by atoms with Crippen LogP contribution in [0.2, 0.25) is 0 Å². The normalized spacial score (nSPS) is 11.1. The Balaban J connectivity index is 1.42. The summed E-state index contributed by atoms with van der Waals surface area (Å²) in [5.74, 6) is 0.340. The summed E-state index contributed by atoms with van der Waals surface area (Å²) in [4.78, 5) is 28.8. The van der Waals surface area contributed by atoms with E-state index in [9.17, 15) is 14.9 Å². The van der Waals surface area contributed by atoms with Crippen LogP contribution in [0, 0.1) is 30.9 Å². The first kappa shape index (κ1) is 23.0. The molecule has 0 atom stereocenters. The second-order valence-electron chi connectivity index (χ2n) is 8.69. The number of imidazole rings is 1. The highest BCUT2D eigenvalue weighted by Crippen LogP contribution is 2.29. The maximum absolute atomic E-state index is 13.2. The molecule has 5 rings (SSSR count). The topological polar surface area (TPSA) is 107 Å². The average molecular weight is 481 g/mol. The van der Waals surface area contributed by atoms with E-state index < -0.39 is 4.92 Å². The zero-order valence-electron chi connectivity index (χ0n) is 20.1. The Labute approximate surface area is 207 Å². The van der Waals surface area contributed by atoms with E-state index in [2.05, 4.69) is 10.4 Å². The van der Waals surface area contributed by atoms with Crippen LogP contribution in [0.5, 0.6) is 0 Å². The molecule has 0 saturated heterocycles. The van der Waals surface area contributed by atoms with Crippen molar-refractivity contribution in [3.05, 3.63) is 111 Å². The number of anilines is 1. The van der Waals surface area contributed by atoms with E-state index in [1.807, 2.05) is 72.1 Å². The van der Waals surface area contributed by atoms with Gasteiger partial charge in [-0.1, -0.05) is 48.5 Å². The summed E-state index contributed by atoms with van der Waals surface area (Å²) in [5.41, 5.74) is 5.65. The van der Waals surface area contributed by atoms with Crippen LogP contribution in [-0.2, 0) is 6.54 Å². The molecule has 0 unspecified atom stereocenters. The zero-order valence-corrected chi connectivity index (χ0v) is 20.1. The number of hydrogen-bond acceptors (Lipinski definition) is 5. The van der Waals surface area contributed by atoms with Crippen LogP contribution in [0.3, 0.4) is 0 Å². The number of carbonyl (C=O) groups excluding carboxylic acids is 1. The van der Waals surface area contributed by atoms with Gasteiger partial charge in [-0.15, -0.1) is 0 Å². The van der Waals surface area contributed by atoms with Crippen molar-refractivity contribution in [2.24, 2.45) is 0 Å². The molecular weight excluding hydrogens is 456 g/mol. The summed E-state index contributed by atoms with van der Waals surface area (Å²) in [6.45, 7) is 5.67. The van der Waals surface area contributed by atoms with Crippen LogP contribution >= 0.6 is 0 Å². The van der Waals surface area contributed by atoms with E-state index in [4.69, 9.17) is 4.98 Å². The van der Waals surface area contributed by atoms with E-state index >= 15 is 0 Å². The van der Waals surface area contributed by atoms with Gasteiger partial charge in [-0.3, -0.25) is 24.0 Å². The number of fused-ring (bicyclic) bond motifs is 1. The number of pyridine rings is 1. The van der Waals surface area contributed by atoms with Crippen LogP contribution in [0.25, 0.3) is 16.9 Å². The number of hydrogen-bond donors (Lipinski definition) is 1. The highest BCUT2D eigenvalue weighted by atomic mass is 16.6. The van der Waals surface area contributed by atoms with E-state index in [1.54, 1.807) is 30.7 Å². The second kappa shape index (κ2) is 9.10. The van der Waals surface area contributed by atoms with Crippen molar-refractivity contribution < 1.29 is 9.72 Å². The Kier molecular flexibility index (Phi) is 5.81. The van der Waals surface area contributed by atoms with Gasteiger partial charge < -0.3 is 5.32 Å². The molecule has 2 aromatic carbocycles. The molecule has 1 N–H and O–H groups in total. The van der Waals surface area contributed by atoms with Gasteiger partial charge in [0.2, 0.25) is 0 Å². The summed E-state index contributed by atoms with van der Waals surface area (Å²) >= 11 is 0. The first-order valence-corrected chi connectivity index (χ1v) is 11.4. The van der Waals surface area contributed by atoms with E-state index in [1.165, 1.54) is 0 Å². The van der Waals surface area contributed by atoms with Gasteiger partial charge in [0.25, 0.3) is 5.91 Å². The van der Waals surface area contributed by atoms with Crippen molar-refractivity contribution in [3.8, 4) is 11.3 Å². The summed E-state index contributed by atoms with van der Waals surface area (Å²) in [6.07, 6.45) is 1.95. The number of rotatable bonds is 6. The van der Waals surface area contributed by atoms with Crippen molar-refractivity contribution in [1.82, 2.24) is 19.2 Å². The number of carbonyl (C=O) groups is 1. The molecule has 180 valence electrons. The molecular formula is C27H24N6O3. The van der Waals surface area contributed by atoms with Gasteiger partial charge in [-0.25, -0.2) is 4.98 Å². The maximum Gasteiger partial charge on any atom is 0.312 e. The Morgan fingerprint density at radius 1 is 1.00 bits per heavy atom. The third-order valence-corrected chi connectivity index (χ3v) is 6.12. The summed E-state index contributed by atoms with van der Waals surface area (Å²) < 4.78 is 3.50. The predicted octanol–water partition coefficient (Wildman–Crippen LogP) is 5.33. The second-order valence-corrected chi connectivity index (χ2v) is 8.69.